The van der Waals surface area contributed by atoms with E-state index in [1.807, 2.05) is 26.0 Å². The molecule has 5 rings (SSSR count). The Morgan fingerprint density at radius 1 is 1.00 bits per heavy atom. The van der Waals surface area contributed by atoms with E-state index in [4.69, 9.17) is 14.5 Å². The summed E-state index contributed by atoms with van der Waals surface area (Å²) in [6.07, 6.45) is 0. The molecule has 1 aliphatic rings. The quantitative estimate of drug-likeness (QED) is 0.161. The van der Waals surface area contributed by atoms with Crippen molar-refractivity contribution in [3.05, 3.63) is 94.1 Å². The molecule has 1 fully saturated rings. The highest BCUT2D eigenvalue weighted by atomic mass is 32.1. The molecule has 1 amide bonds. The minimum absolute atomic E-state index is 0.0822. The number of ether oxygens (including phenoxy) is 2. The molecule has 0 radical (unpaired) electrons. The summed E-state index contributed by atoms with van der Waals surface area (Å²) >= 11 is 1.30. The van der Waals surface area contributed by atoms with Crippen LogP contribution in [0.2, 0.25) is 0 Å². The molecule has 1 aromatic heterocycles. The molecule has 0 bridgehead atoms. The van der Waals surface area contributed by atoms with E-state index in [2.05, 4.69) is 0 Å². The highest BCUT2D eigenvalue weighted by Gasteiger charge is 2.48. The number of amides is 1. The predicted molar refractivity (Wildman–Crippen MR) is 145 cm³/mol. The molecule has 1 atom stereocenters. The molecule has 4 aromatic rings. The maximum atomic E-state index is 13.5. The van der Waals surface area contributed by atoms with Crippen molar-refractivity contribution >= 4 is 50.1 Å². The van der Waals surface area contributed by atoms with E-state index in [1.54, 1.807) is 48.5 Å². The van der Waals surface area contributed by atoms with E-state index in [9.17, 15) is 19.5 Å². The summed E-state index contributed by atoms with van der Waals surface area (Å²) in [5.74, 6) is -2.00. The number of methoxy groups -OCH3 is 2. The van der Waals surface area contributed by atoms with Gasteiger partial charge < -0.3 is 14.6 Å². The van der Waals surface area contributed by atoms with E-state index in [1.165, 1.54) is 30.5 Å². The van der Waals surface area contributed by atoms with Crippen molar-refractivity contribution in [3.63, 3.8) is 0 Å². The molecular weight excluding hydrogens is 504 g/mol. The Bertz CT molecular complexity index is 1640. The van der Waals surface area contributed by atoms with Crippen LogP contribution in [-0.4, -0.2) is 42.0 Å². The van der Waals surface area contributed by atoms with E-state index in [-0.39, 0.29) is 11.3 Å². The Morgan fingerprint density at radius 3 is 2.42 bits per heavy atom. The molecule has 0 aliphatic carbocycles. The zero-order valence-electron chi connectivity index (χ0n) is 21.1. The second-order valence-corrected chi connectivity index (χ2v) is 9.95. The summed E-state index contributed by atoms with van der Waals surface area (Å²) in [5, 5.41) is 11.7. The fourth-order valence-electron chi connectivity index (χ4n) is 4.65. The van der Waals surface area contributed by atoms with Crippen molar-refractivity contribution in [2.45, 2.75) is 19.9 Å². The maximum absolute atomic E-state index is 13.5. The third kappa shape index (κ3) is 4.20. The van der Waals surface area contributed by atoms with Crippen LogP contribution in [0.1, 0.15) is 38.7 Å². The molecule has 8 nitrogen and oxygen atoms in total. The Balaban J connectivity index is 1.72. The molecule has 38 heavy (non-hydrogen) atoms. The number of thiazole rings is 1. The van der Waals surface area contributed by atoms with Gasteiger partial charge in [-0.25, -0.2) is 9.78 Å². The number of benzene rings is 3. The van der Waals surface area contributed by atoms with Gasteiger partial charge in [0.05, 0.1) is 41.6 Å². The zero-order valence-corrected chi connectivity index (χ0v) is 22.0. The largest absolute Gasteiger partial charge is 0.507 e. The summed E-state index contributed by atoms with van der Waals surface area (Å²) in [6.45, 7) is 3.92. The Labute approximate surface area is 222 Å². The van der Waals surface area contributed by atoms with Crippen molar-refractivity contribution < 1.29 is 29.0 Å². The number of rotatable bonds is 5. The average molecular weight is 529 g/mol. The third-order valence-electron chi connectivity index (χ3n) is 6.46. The maximum Gasteiger partial charge on any atom is 0.337 e. The number of carbonyl (C=O) groups is 3. The lowest BCUT2D eigenvalue weighted by Gasteiger charge is -2.23. The second kappa shape index (κ2) is 9.75. The number of fused-ring (bicyclic) bond motifs is 1. The molecule has 0 spiro atoms. The van der Waals surface area contributed by atoms with Crippen LogP contribution < -0.4 is 9.64 Å². The standard InChI is InChI=1S/C29H24N2O6S/c1-15-12-16(2)23-21(13-15)38-29(30-23)31-24(17-8-10-18(11-9-17)28(35)37-4)22(26(33)27(31)34)25(32)19-6-5-7-20(14-19)36-3/h5-14,24,32H,1-4H3/t24-/m1/s1. The average Bonchev–Trinajstić information content (AvgIpc) is 3.46. The fourth-order valence-corrected chi connectivity index (χ4v) is 5.82. The van der Waals surface area contributed by atoms with Gasteiger partial charge in [-0.2, -0.15) is 0 Å². The van der Waals surface area contributed by atoms with Gasteiger partial charge in [-0.3, -0.25) is 14.5 Å². The Hall–Kier alpha value is -4.50. The summed E-state index contributed by atoms with van der Waals surface area (Å²) in [4.78, 5) is 45.0. The zero-order chi connectivity index (χ0) is 27.1. The molecule has 1 aliphatic heterocycles. The van der Waals surface area contributed by atoms with Gasteiger partial charge in [-0.15, -0.1) is 0 Å². The van der Waals surface area contributed by atoms with E-state index in [0.717, 1.165) is 21.3 Å². The first-order valence-corrected chi connectivity index (χ1v) is 12.6. The number of aryl methyl sites for hydroxylation is 2. The van der Waals surface area contributed by atoms with Gasteiger partial charge >= 0.3 is 11.9 Å². The number of aliphatic hydroxyl groups excluding tert-OH is 1. The van der Waals surface area contributed by atoms with Crippen molar-refractivity contribution in [1.82, 2.24) is 4.98 Å². The van der Waals surface area contributed by atoms with Crippen LogP contribution in [0.5, 0.6) is 5.75 Å². The van der Waals surface area contributed by atoms with Crippen LogP contribution in [0.3, 0.4) is 0 Å². The molecule has 2 heterocycles. The minimum atomic E-state index is -0.977. The van der Waals surface area contributed by atoms with Gasteiger partial charge in [0.15, 0.2) is 5.13 Å². The first-order valence-electron chi connectivity index (χ1n) is 11.7. The molecule has 3 aromatic carbocycles. The predicted octanol–water partition coefficient (Wildman–Crippen LogP) is 5.33. The number of Topliss-reactive ketones (excluding diaryl/α,β-unsaturated/α-hetero) is 1. The fraction of sp³-hybridized carbons (Fsp3) is 0.172. The lowest BCUT2D eigenvalue weighted by molar-refractivity contribution is -0.132. The van der Waals surface area contributed by atoms with E-state index < -0.39 is 23.7 Å². The molecular formula is C29H24N2O6S. The van der Waals surface area contributed by atoms with Crippen LogP contribution in [0.15, 0.2) is 66.2 Å². The SMILES string of the molecule is COC(=O)c1ccc([C@@H]2C(=C(O)c3cccc(OC)c3)C(=O)C(=O)N2c2nc3c(C)cc(C)cc3s2)cc1. The number of nitrogens with zero attached hydrogens (tertiary/aromatic N) is 2. The van der Waals surface area contributed by atoms with Crippen LogP contribution in [0.4, 0.5) is 5.13 Å². The van der Waals surface area contributed by atoms with Gasteiger partial charge in [0.1, 0.15) is 11.5 Å². The smallest absolute Gasteiger partial charge is 0.337 e. The van der Waals surface area contributed by atoms with E-state index in [0.29, 0.717) is 27.6 Å². The topological polar surface area (TPSA) is 106 Å². The van der Waals surface area contributed by atoms with Crippen LogP contribution >= 0.6 is 11.3 Å². The van der Waals surface area contributed by atoms with Crippen molar-refractivity contribution in [3.8, 4) is 5.75 Å². The molecule has 1 N–H and O–H groups in total. The molecule has 1 saturated heterocycles. The monoisotopic (exact) mass is 528 g/mol. The van der Waals surface area contributed by atoms with Crippen LogP contribution in [0.25, 0.3) is 16.0 Å². The normalized spacial score (nSPS) is 16.7. The molecule has 192 valence electrons. The van der Waals surface area contributed by atoms with Gasteiger partial charge in [0, 0.05) is 5.56 Å². The van der Waals surface area contributed by atoms with Crippen molar-refractivity contribution in [2.75, 3.05) is 19.1 Å². The number of aliphatic hydroxyl groups is 1. The molecule has 0 saturated carbocycles. The van der Waals surface area contributed by atoms with E-state index >= 15 is 0 Å². The van der Waals surface area contributed by atoms with Gasteiger partial charge in [0.2, 0.25) is 0 Å². The van der Waals surface area contributed by atoms with Gasteiger partial charge in [-0.1, -0.05) is 41.7 Å². The lowest BCUT2D eigenvalue weighted by atomic mass is 9.94. The van der Waals surface area contributed by atoms with Crippen LogP contribution in [0, 0.1) is 13.8 Å². The number of aromatic nitrogens is 1. The Morgan fingerprint density at radius 2 is 1.74 bits per heavy atom. The summed E-state index contributed by atoms with van der Waals surface area (Å²) in [6, 6.07) is 16.0. The molecule has 0 unspecified atom stereocenters. The number of hydrogen-bond acceptors (Lipinski definition) is 8. The van der Waals surface area contributed by atoms with Gasteiger partial charge in [-0.05, 0) is 60.9 Å². The summed E-state index contributed by atoms with van der Waals surface area (Å²) in [5.41, 5.74) is 3.83. The van der Waals surface area contributed by atoms with Gasteiger partial charge in [0.25, 0.3) is 5.78 Å². The third-order valence-corrected chi connectivity index (χ3v) is 7.46. The van der Waals surface area contributed by atoms with Crippen molar-refractivity contribution in [1.29, 1.82) is 0 Å². The number of esters is 1. The number of ketones is 1. The summed E-state index contributed by atoms with van der Waals surface area (Å²) in [7, 11) is 2.79. The minimum Gasteiger partial charge on any atom is -0.507 e. The number of hydrogen-bond donors (Lipinski definition) is 1. The van der Waals surface area contributed by atoms with Crippen LogP contribution in [-0.2, 0) is 14.3 Å². The number of anilines is 1. The summed E-state index contributed by atoms with van der Waals surface area (Å²) < 4.78 is 10.9. The highest BCUT2D eigenvalue weighted by Crippen LogP contribution is 2.45. The highest BCUT2D eigenvalue weighted by molar-refractivity contribution is 7.22. The molecule has 9 heteroatoms. The number of carbonyl (C=O) groups excluding carboxylic acids is 3. The van der Waals surface area contributed by atoms with Crippen molar-refractivity contribution in [2.24, 2.45) is 0 Å². The second-order valence-electron chi connectivity index (χ2n) is 8.94. The first kappa shape index (κ1) is 25.2. The lowest BCUT2D eigenvalue weighted by Crippen LogP contribution is -2.29. The Kier molecular flexibility index (Phi) is 6.46. The first-order chi connectivity index (χ1) is 18.2.